The van der Waals surface area contributed by atoms with Gasteiger partial charge in [-0.2, -0.15) is 0 Å². The molecule has 0 aromatic heterocycles. The summed E-state index contributed by atoms with van der Waals surface area (Å²) in [6.45, 7) is 3.50. The van der Waals surface area contributed by atoms with Gasteiger partial charge in [0.15, 0.2) is 0 Å². The van der Waals surface area contributed by atoms with Gasteiger partial charge in [0.2, 0.25) is 0 Å². The van der Waals surface area contributed by atoms with Crippen molar-refractivity contribution >= 4 is 11.9 Å². The number of nitrogens with zero attached hydrogens (tertiary/aromatic N) is 1. The first kappa shape index (κ1) is 13.5. The van der Waals surface area contributed by atoms with Gasteiger partial charge in [0.05, 0.1) is 30.4 Å². The van der Waals surface area contributed by atoms with Crippen LogP contribution in [0, 0.1) is 0 Å². The Labute approximate surface area is 111 Å². The number of benzene rings is 1. The van der Waals surface area contributed by atoms with Crippen LogP contribution in [0.3, 0.4) is 0 Å². The van der Waals surface area contributed by atoms with Crippen LogP contribution >= 0.6 is 0 Å². The Bertz CT molecular complexity index is 486. The minimum atomic E-state index is -1.08. The highest BCUT2D eigenvalue weighted by atomic mass is 16.5. The van der Waals surface area contributed by atoms with Gasteiger partial charge >= 0.3 is 5.97 Å². The summed E-state index contributed by atoms with van der Waals surface area (Å²) in [6, 6.07) is 6.34. The fourth-order valence-electron chi connectivity index (χ4n) is 2.27. The van der Waals surface area contributed by atoms with Gasteiger partial charge in [0, 0.05) is 6.54 Å². The van der Waals surface area contributed by atoms with Crippen molar-refractivity contribution in [3.63, 3.8) is 0 Å². The zero-order chi connectivity index (χ0) is 13.8. The molecule has 1 aromatic carbocycles. The van der Waals surface area contributed by atoms with E-state index >= 15 is 0 Å². The number of hydrogen-bond acceptors (Lipinski definition) is 3. The van der Waals surface area contributed by atoms with Crippen LogP contribution in [0.4, 0.5) is 0 Å². The van der Waals surface area contributed by atoms with Gasteiger partial charge in [0.1, 0.15) is 0 Å². The number of ether oxygens (including phenoxy) is 1. The molecule has 0 bridgehead atoms. The molecule has 1 fully saturated rings. The molecule has 2 rings (SSSR count). The summed E-state index contributed by atoms with van der Waals surface area (Å²) in [6.07, 6.45) is 0.793. The van der Waals surface area contributed by atoms with E-state index in [1.165, 1.54) is 6.07 Å². The summed E-state index contributed by atoms with van der Waals surface area (Å²) in [5.41, 5.74) is 0.296. The third-order valence-electron chi connectivity index (χ3n) is 3.35. The van der Waals surface area contributed by atoms with E-state index in [1.807, 2.05) is 6.92 Å². The van der Waals surface area contributed by atoms with Crippen LogP contribution < -0.4 is 0 Å². The molecule has 0 spiro atoms. The Morgan fingerprint density at radius 1 is 1.37 bits per heavy atom. The summed E-state index contributed by atoms with van der Waals surface area (Å²) >= 11 is 0. The summed E-state index contributed by atoms with van der Waals surface area (Å²) in [7, 11) is 0. The molecule has 1 heterocycles. The molecular weight excluding hydrogens is 246 g/mol. The number of morpholine rings is 1. The lowest BCUT2D eigenvalue weighted by molar-refractivity contribution is -0.00291. The minimum Gasteiger partial charge on any atom is -0.478 e. The fourth-order valence-corrected chi connectivity index (χ4v) is 2.27. The third-order valence-corrected chi connectivity index (χ3v) is 3.35. The Kier molecular flexibility index (Phi) is 4.16. The molecule has 1 aromatic rings. The molecule has 1 aliphatic rings. The predicted octanol–water partition coefficient (Wildman–Crippen LogP) is 1.64. The third kappa shape index (κ3) is 2.76. The Balaban J connectivity index is 2.30. The van der Waals surface area contributed by atoms with Crippen molar-refractivity contribution < 1.29 is 19.4 Å². The number of rotatable bonds is 3. The van der Waals surface area contributed by atoms with Crippen LogP contribution in [0.15, 0.2) is 24.3 Å². The molecule has 0 radical (unpaired) electrons. The van der Waals surface area contributed by atoms with E-state index in [-0.39, 0.29) is 23.1 Å². The number of aromatic carboxylic acids is 1. The number of carboxylic acid groups (broad SMARTS) is 1. The lowest BCUT2D eigenvalue weighted by Gasteiger charge is -2.35. The number of amides is 1. The standard InChI is InChI=1S/C14H17NO4/c1-2-10-9-19-8-7-15(10)13(16)11-5-3-4-6-12(11)14(17)18/h3-6,10H,2,7-9H2,1H3,(H,17,18)/t10-/m1/s1. The number of carbonyl (C=O) groups excluding carboxylic acids is 1. The van der Waals surface area contributed by atoms with Crippen LogP contribution in [0.2, 0.25) is 0 Å². The summed E-state index contributed by atoms with van der Waals surface area (Å²) < 4.78 is 5.36. The van der Waals surface area contributed by atoms with Crippen molar-refractivity contribution in [2.24, 2.45) is 0 Å². The Morgan fingerprint density at radius 2 is 2.05 bits per heavy atom. The van der Waals surface area contributed by atoms with Gasteiger partial charge < -0.3 is 14.7 Å². The van der Waals surface area contributed by atoms with Gasteiger partial charge in [-0.25, -0.2) is 4.79 Å². The second-order valence-electron chi connectivity index (χ2n) is 4.49. The zero-order valence-electron chi connectivity index (χ0n) is 10.8. The maximum absolute atomic E-state index is 12.5. The highest BCUT2D eigenvalue weighted by Crippen LogP contribution is 2.17. The largest absolute Gasteiger partial charge is 0.478 e. The Morgan fingerprint density at radius 3 is 2.68 bits per heavy atom. The molecule has 19 heavy (non-hydrogen) atoms. The van der Waals surface area contributed by atoms with Crippen LogP contribution in [0.5, 0.6) is 0 Å². The highest BCUT2D eigenvalue weighted by molar-refractivity contribution is 6.04. The minimum absolute atomic E-state index is 0.0168. The van der Waals surface area contributed by atoms with Crippen LogP contribution in [-0.4, -0.2) is 47.7 Å². The van der Waals surface area contributed by atoms with Crippen LogP contribution in [0.25, 0.3) is 0 Å². The van der Waals surface area contributed by atoms with E-state index in [1.54, 1.807) is 23.1 Å². The maximum atomic E-state index is 12.5. The fraction of sp³-hybridized carbons (Fsp3) is 0.429. The van der Waals surface area contributed by atoms with Crippen molar-refractivity contribution in [2.75, 3.05) is 19.8 Å². The topological polar surface area (TPSA) is 66.8 Å². The van der Waals surface area contributed by atoms with Gasteiger partial charge in [-0.3, -0.25) is 4.79 Å². The molecule has 1 amide bonds. The molecule has 0 saturated carbocycles. The van der Waals surface area contributed by atoms with E-state index < -0.39 is 5.97 Å². The number of carboxylic acids is 1. The van der Waals surface area contributed by atoms with Gasteiger partial charge in [-0.1, -0.05) is 19.1 Å². The number of hydrogen-bond donors (Lipinski definition) is 1. The van der Waals surface area contributed by atoms with Crippen molar-refractivity contribution in [3.8, 4) is 0 Å². The first-order valence-corrected chi connectivity index (χ1v) is 6.36. The molecular formula is C14H17NO4. The van der Waals surface area contributed by atoms with Crippen molar-refractivity contribution in [2.45, 2.75) is 19.4 Å². The smallest absolute Gasteiger partial charge is 0.336 e. The molecule has 1 aliphatic heterocycles. The lowest BCUT2D eigenvalue weighted by Crippen LogP contribution is -2.48. The van der Waals surface area contributed by atoms with E-state index in [0.29, 0.717) is 19.8 Å². The number of carbonyl (C=O) groups is 2. The van der Waals surface area contributed by atoms with Gasteiger partial charge in [-0.05, 0) is 18.6 Å². The second kappa shape index (κ2) is 5.84. The quantitative estimate of drug-likeness (QED) is 0.900. The van der Waals surface area contributed by atoms with Gasteiger partial charge in [0.25, 0.3) is 5.91 Å². The maximum Gasteiger partial charge on any atom is 0.336 e. The second-order valence-corrected chi connectivity index (χ2v) is 4.49. The van der Waals surface area contributed by atoms with E-state index in [0.717, 1.165) is 6.42 Å². The predicted molar refractivity (Wildman–Crippen MR) is 69.3 cm³/mol. The molecule has 5 heteroatoms. The average molecular weight is 263 g/mol. The van der Waals surface area contributed by atoms with E-state index in [2.05, 4.69) is 0 Å². The van der Waals surface area contributed by atoms with Crippen LogP contribution in [-0.2, 0) is 4.74 Å². The molecule has 0 unspecified atom stereocenters. The summed E-state index contributed by atoms with van der Waals surface area (Å²) in [5.74, 6) is -1.31. The first-order chi connectivity index (χ1) is 9.15. The first-order valence-electron chi connectivity index (χ1n) is 6.36. The Hall–Kier alpha value is -1.88. The van der Waals surface area contributed by atoms with Crippen molar-refractivity contribution in [3.05, 3.63) is 35.4 Å². The molecule has 1 saturated heterocycles. The monoisotopic (exact) mass is 263 g/mol. The molecule has 1 atom stereocenters. The highest BCUT2D eigenvalue weighted by Gasteiger charge is 2.28. The molecule has 1 N–H and O–H groups in total. The van der Waals surface area contributed by atoms with Crippen molar-refractivity contribution in [1.29, 1.82) is 0 Å². The zero-order valence-corrected chi connectivity index (χ0v) is 10.8. The van der Waals surface area contributed by atoms with Crippen molar-refractivity contribution in [1.82, 2.24) is 4.90 Å². The molecule has 102 valence electrons. The normalized spacial score (nSPS) is 19.2. The molecule has 0 aliphatic carbocycles. The van der Waals surface area contributed by atoms with E-state index in [4.69, 9.17) is 9.84 Å². The average Bonchev–Trinajstić information content (AvgIpc) is 2.46. The van der Waals surface area contributed by atoms with E-state index in [9.17, 15) is 9.59 Å². The molecule has 5 nitrogen and oxygen atoms in total. The SMILES string of the molecule is CC[C@@H]1COCCN1C(=O)c1ccccc1C(=O)O. The van der Waals surface area contributed by atoms with Gasteiger partial charge in [-0.15, -0.1) is 0 Å². The lowest BCUT2D eigenvalue weighted by atomic mass is 10.0. The summed E-state index contributed by atoms with van der Waals surface area (Å²) in [5, 5.41) is 9.14. The van der Waals surface area contributed by atoms with Crippen LogP contribution in [0.1, 0.15) is 34.1 Å². The summed E-state index contributed by atoms with van der Waals surface area (Å²) in [4.78, 5) is 25.4.